The summed E-state index contributed by atoms with van der Waals surface area (Å²) < 4.78 is 6.42. The van der Waals surface area contributed by atoms with Gasteiger partial charge in [0.25, 0.3) is 0 Å². The molecule has 0 aliphatic carbocycles. The third-order valence-corrected chi connectivity index (χ3v) is 3.81. The predicted octanol–water partition coefficient (Wildman–Crippen LogP) is 3.94. The van der Waals surface area contributed by atoms with Crippen molar-refractivity contribution in [1.29, 1.82) is 0 Å². The highest BCUT2D eigenvalue weighted by atomic mass is 79.9. The van der Waals surface area contributed by atoms with Crippen LogP contribution in [0.3, 0.4) is 0 Å². The second kappa shape index (κ2) is 5.39. The number of hydrogen-bond donors (Lipinski definition) is 1. The average molecular weight is 305 g/mol. The van der Waals surface area contributed by atoms with Gasteiger partial charge in [-0.15, -0.1) is 0 Å². The van der Waals surface area contributed by atoms with E-state index < -0.39 is 0 Å². The summed E-state index contributed by atoms with van der Waals surface area (Å²) in [5.74, 6) is 0.579. The molecule has 1 N–H and O–H groups in total. The fraction of sp³-hybridized carbons (Fsp3) is 0.500. The van der Waals surface area contributed by atoms with E-state index in [1.807, 2.05) is 18.2 Å². The van der Waals surface area contributed by atoms with Gasteiger partial charge >= 0.3 is 0 Å². The Morgan fingerprint density at radius 1 is 1.56 bits per heavy atom. The summed E-state index contributed by atoms with van der Waals surface area (Å²) in [6.45, 7) is 3.90. The zero-order valence-corrected chi connectivity index (χ0v) is 11.5. The van der Waals surface area contributed by atoms with Gasteiger partial charge in [0.1, 0.15) is 0 Å². The Hall–Kier alpha value is -0.250. The van der Waals surface area contributed by atoms with Crippen molar-refractivity contribution >= 4 is 33.2 Å². The van der Waals surface area contributed by atoms with Crippen molar-refractivity contribution in [3.05, 3.63) is 27.7 Å². The second-order valence-corrected chi connectivity index (χ2v) is 5.50. The van der Waals surface area contributed by atoms with Crippen LogP contribution in [-0.2, 0) is 4.74 Å². The normalized spacial score (nSPS) is 22.1. The Bertz CT molecular complexity index is 366. The largest absolute Gasteiger partial charge is 0.381 e. The molecule has 88 valence electrons. The standard InChI is InChI=1S/C12H15BrClNO/c1-8(9-4-5-16-7-9)15-12-6-10(13)2-3-11(12)14/h2-3,6,8-9,15H,4-5,7H2,1H3. The zero-order valence-electron chi connectivity index (χ0n) is 9.17. The molecule has 2 unspecified atom stereocenters. The Morgan fingerprint density at radius 2 is 2.38 bits per heavy atom. The Morgan fingerprint density at radius 3 is 3.06 bits per heavy atom. The van der Waals surface area contributed by atoms with Gasteiger partial charge in [-0.3, -0.25) is 0 Å². The van der Waals surface area contributed by atoms with Gasteiger partial charge in [-0.05, 0) is 31.5 Å². The summed E-state index contributed by atoms with van der Waals surface area (Å²) in [6, 6.07) is 6.23. The van der Waals surface area contributed by atoms with Crippen molar-refractivity contribution in [2.45, 2.75) is 19.4 Å². The van der Waals surface area contributed by atoms with Crippen molar-refractivity contribution in [2.75, 3.05) is 18.5 Å². The predicted molar refractivity (Wildman–Crippen MR) is 71.2 cm³/mol. The molecule has 16 heavy (non-hydrogen) atoms. The summed E-state index contributed by atoms with van der Waals surface area (Å²) in [6.07, 6.45) is 1.12. The van der Waals surface area contributed by atoms with Crippen molar-refractivity contribution in [3.63, 3.8) is 0 Å². The molecule has 1 aromatic carbocycles. The number of rotatable bonds is 3. The fourth-order valence-corrected chi connectivity index (χ4v) is 2.45. The first kappa shape index (κ1) is 12.2. The van der Waals surface area contributed by atoms with Gasteiger partial charge in [-0.1, -0.05) is 27.5 Å². The highest BCUT2D eigenvalue weighted by Crippen LogP contribution is 2.28. The Balaban J connectivity index is 2.04. The molecule has 4 heteroatoms. The first-order valence-electron chi connectivity index (χ1n) is 5.46. The molecular formula is C12H15BrClNO. The number of anilines is 1. The Kier molecular flexibility index (Phi) is 4.11. The molecule has 0 bridgehead atoms. The summed E-state index contributed by atoms with van der Waals surface area (Å²) >= 11 is 9.58. The van der Waals surface area contributed by atoms with Crippen LogP contribution in [0.1, 0.15) is 13.3 Å². The Labute approximate surface area is 109 Å². The smallest absolute Gasteiger partial charge is 0.0638 e. The molecule has 2 atom stereocenters. The topological polar surface area (TPSA) is 21.3 Å². The molecule has 1 aliphatic rings. The first-order chi connectivity index (χ1) is 7.66. The lowest BCUT2D eigenvalue weighted by molar-refractivity contribution is 0.183. The van der Waals surface area contributed by atoms with Crippen molar-refractivity contribution in [3.8, 4) is 0 Å². The van der Waals surface area contributed by atoms with E-state index in [4.69, 9.17) is 16.3 Å². The highest BCUT2D eigenvalue weighted by Gasteiger charge is 2.22. The molecule has 0 saturated carbocycles. The van der Waals surface area contributed by atoms with Gasteiger partial charge in [-0.25, -0.2) is 0 Å². The maximum absolute atomic E-state index is 6.13. The summed E-state index contributed by atoms with van der Waals surface area (Å²) in [5, 5.41) is 4.21. The van der Waals surface area contributed by atoms with E-state index in [0.717, 1.165) is 34.8 Å². The monoisotopic (exact) mass is 303 g/mol. The van der Waals surface area contributed by atoms with Crippen LogP contribution in [0.25, 0.3) is 0 Å². The van der Waals surface area contributed by atoms with E-state index in [-0.39, 0.29) is 0 Å². The lowest BCUT2D eigenvalue weighted by atomic mass is 10.0. The van der Waals surface area contributed by atoms with Crippen LogP contribution in [0.2, 0.25) is 5.02 Å². The molecule has 1 aromatic rings. The van der Waals surface area contributed by atoms with Crippen LogP contribution >= 0.6 is 27.5 Å². The van der Waals surface area contributed by atoms with Gasteiger partial charge in [-0.2, -0.15) is 0 Å². The van der Waals surface area contributed by atoms with Crippen molar-refractivity contribution in [1.82, 2.24) is 0 Å². The van der Waals surface area contributed by atoms with Crippen LogP contribution in [-0.4, -0.2) is 19.3 Å². The molecule has 0 spiro atoms. The summed E-state index contributed by atoms with van der Waals surface area (Å²) in [5.41, 5.74) is 0.982. The number of halogens is 2. The zero-order chi connectivity index (χ0) is 11.5. The third kappa shape index (κ3) is 2.90. The van der Waals surface area contributed by atoms with Gasteiger partial charge in [0.05, 0.1) is 17.3 Å². The quantitative estimate of drug-likeness (QED) is 0.913. The second-order valence-electron chi connectivity index (χ2n) is 4.18. The van der Waals surface area contributed by atoms with E-state index in [0.29, 0.717) is 12.0 Å². The molecule has 1 heterocycles. The lowest BCUT2D eigenvalue weighted by Gasteiger charge is -2.21. The van der Waals surface area contributed by atoms with Gasteiger partial charge in [0.15, 0.2) is 0 Å². The summed E-state index contributed by atoms with van der Waals surface area (Å²) in [7, 11) is 0. The molecule has 0 amide bonds. The molecule has 2 nitrogen and oxygen atoms in total. The first-order valence-corrected chi connectivity index (χ1v) is 6.63. The van der Waals surface area contributed by atoms with E-state index in [9.17, 15) is 0 Å². The van der Waals surface area contributed by atoms with Gasteiger partial charge in [0, 0.05) is 23.0 Å². The molecule has 1 saturated heterocycles. The maximum atomic E-state index is 6.13. The van der Waals surface area contributed by atoms with Crippen molar-refractivity contribution in [2.24, 2.45) is 5.92 Å². The van der Waals surface area contributed by atoms with Crippen LogP contribution < -0.4 is 5.32 Å². The fourth-order valence-electron chi connectivity index (χ4n) is 1.92. The number of nitrogens with one attached hydrogen (secondary N) is 1. The molecule has 1 fully saturated rings. The van der Waals surface area contributed by atoms with Gasteiger partial charge < -0.3 is 10.1 Å². The maximum Gasteiger partial charge on any atom is 0.0638 e. The highest BCUT2D eigenvalue weighted by molar-refractivity contribution is 9.10. The number of hydrogen-bond acceptors (Lipinski definition) is 2. The van der Waals surface area contributed by atoms with Crippen LogP contribution in [0, 0.1) is 5.92 Å². The molecule has 1 aliphatic heterocycles. The van der Waals surface area contributed by atoms with E-state index >= 15 is 0 Å². The number of benzene rings is 1. The van der Waals surface area contributed by atoms with E-state index in [1.165, 1.54) is 0 Å². The minimum absolute atomic E-state index is 0.384. The SMILES string of the molecule is CC(Nc1cc(Br)ccc1Cl)C1CCOC1. The minimum atomic E-state index is 0.384. The van der Waals surface area contributed by atoms with Crippen LogP contribution in [0.5, 0.6) is 0 Å². The van der Waals surface area contributed by atoms with E-state index in [2.05, 4.69) is 28.2 Å². The average Bonchev–Trinajstić information content (AvgIpc) is 2.76. The van der Waals surface area contributed by atoms with Crippen molar-refractivity contribution < 1.29 is 4.74 Å². The minimum Gasteiger partial charge on any atom is -0.381 e. The molecule has 2 rings (SSSR count). The lowest BCUT2D eigenvalue weighted by Crippen LogP contribution is -2.26. The summed E-state index contributed by atoms with van der Waals surface area (Å²) in [4.78, 5) is 0. The number of ether oxygens (including phenoxy) is 1. The van der Waals surface area contributed by atoms with E-state index in [1.54, 1.807) is 0 Å². The van der Waals surface area contributed by atoms with Crippen LogP contribution in [0.4, 0.5) is 5.69 Å². The molecular weight excluding hydrogens is 289 g/mol. The molecule has 0 aromatic heterocycles. The third-order valence-electron chi connectivity index (χ3n) is 2.98. The van der Waals surface area contributed by atoms with Crippen LogP contribution in [0.15, 0.2) is 22.7 Å². The molecule has 0 radical (unpaired) electrons. The van der Waals surface area contributed by atoms with Gasteiger partial charge in [0.2, 0.25) is 0 Å².